The van der Waals surface area contributed by atoms with Crippen LogP contribution in [0.3, 0.4) is 0 Å². The summed E-state index contributed by atoms with van der Waals surface area (Å²) in [7, 11) is 0. The van der Waals surface area contributed by atoms with Gasteiger partial charge in [-0.3, -0.25) is 4.90 Å². The van der Waals surface area contributed by atoms with E-state index in [0.29, 0.717) is 24.5 Å². The van der Waals surface area contributed by atoms with Crippen molar-refractivity contribution in [1.29, 1.82) is 0 Å². The Bertz CT molecular complexity index is 447. The fourth-order valence-electron chi connectivity index (χ4n) is 2.11. The zero-order chi connectivity index (χ0) is 13.0. The van der Waals surface area contributed by atoms with E-state index >= 15 is 0 Å². The van der Waals surface area contributed by atoms with Crippen molar-refractivity contribution in [2.75, 3.05) is 37.6 Å². The Morgan fingerprint density at radius 3 is 2.67 bits per heavy atom. The van der Waals surface area contributed by atoms with Crippen LogP contribution < -0.4 is 4.90 Å². The highest BCUT2D eigenvalue weighted by molar-refractivity contribution is 5.41. The van der Waals surface area contributed by atoms with Gasteiger partial charge in [-0.15, -0.1) is 6.42 Å². The minimum Gasteiger partial charge on any atom is -0.352 e. The average Bonchev–Trinajstić information content (AvgIpc) is 2.41. The predicted molar refractivity (Wildman–Crippen MR) is 68.9 cm³/mol. The van der Waals surface area contributed by atoms with Crippen molar-refractivity contribution in [3.8, 4) is 12.3 Å². The van der Waals surface area contributed by atoms with E-state index in [9.17, 15) is 4.39 Å². The summed E-state index contributed by atoms with van der Waals surface area (Å²) in [5.41, 5.74) is 0.478. The monoisotopic (exact) mass is 248 g/mol. The number of aromatic nitrogens is 2. The quantitative estimate of drug-likeness (QED) is 0.745. The number of aryl methyl sites for hydroxylation is 1. The predicted octanol–water partition coefficient (Wildman–Crippen LogP) is 0.933. The van der Waals surface area contributed by atoms with Gasteiger partial charge in [-0.05, 0) is 6.42 Å². The molecule has 0 aliphatic carbocycles. The van der Waals surface area contributed by atoms with E-state index in [0.717, 1.165) is 26.2 Å². The van der Waals surface area contributed by atoms with Gasteiger partial charge in [0.05, 0.1) is 12.2 Å². The highest BCUT2D eigenvalue weighted by Crippen LogP contribution is 2.19. The van der Waals surface area contributed by atoms with Crippen molar-refractivity contribution in [2.24, 2.45) is 0 Å². The van der Waals surface area contributed by atoms with Crippen LogP contribution in [-0.4, -0.2) is 47.6 Å². The van der Waals surface area contributed by atoms with Crippen LogP contribution in [0.25, 0.3) is 0 Å². The summed E-state index contributed by atoms with van der Waals surface area (Å²) in [6.45, 7) is 5.72. The van der Waals surface area contributed by atoms with Gasteiger partial charge >= 0.3 is 0 Å². The lowest BCUT2D eigenvalue weighted by molar-refractivity contribution is 0.286. The third-order valence-corrected chi connectivity index (χ3v) is 3.16. The van der Waals surface area contributed by atoms with E-state index in [-0.39, 0.29) is 5.82 Å². The molecule has 0 saturated carbocycles. The summed E-state index contributed by atoms with van der Waals surface area (Å²) >= 11 is 0. The van der Waals surface area contributed by atoms with Gasteiger partial charge < -0.3 is 4.90 Å². The average molecular weight is 248 g/mol. The molecule has 0 amide bonds. The Labute approximate surface area is 107 Å². The molecule has 0 spiro atoms. The van der Waals surface area contributed by atoms with Crippen LogP contribution in [0.2, 0.25) is 0 Å². The van der Waals surface area contributed by atoms with E-state index in [4.69, 9.17) is 6.42 Å². The van der Waals surface area contributed by atoms with Crippen LogP contribution in [-0.2, 0) is 6.42 Å². The van der Waals surface area contributed by atoms with Gasteiger partial charge in [-0.25, -0.2) is 14.4 Å². The SMILES string of the molecule is C#CCN1CCN(c2ncnc(CC)c2F)CC1. The Balaban J connectivity index is 2.08. The third kappa shape index (κ3) is 2.59. The molecule has 0 atom stereocenters. The first-order valence-corrected chi connectivity index (χ1v) is 6.16. The number of piperazine rings is 1. The smallest absolute Gasteiger partial charge is 0.187 e. The van der Waals surface area contributed by atoms with Gasteiger partial charge in [0.15, 0.2) is 11.6 Å². The molecule has 1 aliphatic rings. The molecule has 1 aromatic heterocycles. The number of halogens is 1. The summed E-state index contributed by atoms with van der Waals surface area (Å²) in [6.07, 6.45) is 7.30. The van der Waals surface area contributed by atoms with Gasteiger partial charge in [0.2, 0.25) is 0 Å². The molecule has 4 nitrogen and oxygen atoms in total. The minimum absolute atomic E-state index is 0.287. The van der Waals surface area contributed by atoms with Gasteiger partial charge in [0.25, 0.3) is 0 Å². The molecular weight excluding hydrogens is 231 g/mol. The van der Waals surface area contributed by atoms with Crippen LogP contribution in [0.5, 0.6) is 0 Å². The lowest BCUT2D eigenvalue weighted by Gasteiger charge is -2.34. The first-order chi connectivity index (χ1) is 8.76. The van der Waals surface area contributed by atoms with Gasteiger partial charge in [0.1, 0.15) is 6.33 Å². The van der Waals surface area contributed by atoms with Crippen molar-refractivity contribution < 1.29 is 4.39 Å². The van der Waals surface area contributed by atoms with Crippen molar-refractivity contribution in [1.82, 2.24) is 14.9 Å². The van der Waals surface area contributed by atoms with E-state index < -0.39 is 0 Å². The summed E-state index contributed by atoms with van der Waals surface area (Å²) in [4.78, 5) is 12.1. The maximum Gasteiger partial charge on any atom is 0.187 e. The molecule has 0 radical (unpaired) electrons. The zero-order valence-corrected chi connectivity index (χ0v) is 10.6. The second kappa shape index (κ2) is 5.78. The molecule has 96 valence electrons. The maximum atomic E-state index is 14.1. The second-order valence-electron chi connectivity index (χ2n) is 4.28. The molecule has 5 heteroatoms. The molecule has 1 aromatic rings. The summed E-state index contributed by atoms with van der Waals surface area (Å²) in [5, 5.41) is 0. The second-order valence-corrected chi connectivity index (χ2v) is 4.28. The van der Waals surface area contributed by atoms with Crippen LogP contribution in [0.4, 0.5) is 10.2 Å². The lowest BCUT2D eigenvalue weighted by atomic mass is 10.2. The van der Waals surface area contributed by atoms with Crippen LogP contribution >= 0.6 is 0 Å². The molecule has 18 heavy (non-hydrogen) atoms. The maximum absolute atomic E-state index is 14.1. The Morgan fingerprint density at radius 1 is 1.33 bits per heavy atom. The van der Waals surface area contributed by atoms with E-state index in [1.54, 1.807) is 0 Å². The van der Waals surface area contributed by atoms with Crippen molar-refractivity contribution in [3.63, 3.8) is 0 Å². The third-order valence-electron chi connectivity index (χ3n) is 3.16. The number of anilines is 1. The van der Waals surface area contributed by atoms with Crippen LogP contribution in [0.1, 0.15) is 12.6 Å². The first-order valence-electron chi connectivity index (χ1n) is 6.16. The van der Waals surface area contributed by atoms with Crippen molar-refractivity contribution in [2.45, 2.75) is 13.3 Å². The number of terminal acetylenes is 1. The van der Waals surface area contributed by atoms with Crippen molar-refractivity contribution >= 4 is 5.82 Å². The topological polar surface area (TPSA) is 32.3 Å². The largest absolute Gasteiger partial charge is 0.352 e. The van der Waals surface area contributed by atoms with E-state index in [1.807, 2.05) is 11.8 Å². The first kappa shape index (κ1) is 12.8. The number of hydrogen-bond donors (Lipinski definition) is 0. The van der Waals surface area contributed by atoms with Gasteiger partial charge in [0, 0.05) is 26.2 Å². The van der Waals surface area contributed by atoms with Crippen LogP contribution in [0.15, 0.2) is 6.33 Å². The summed E-state index contributed by atoms with van der Waals surface area (Å²) in [6, 6.07) is 0. The summed E-state index contributed by atoms with van der Waals surface area (Å²) in [5.74, 6) is 2.76. The number of nitrogens with zero attached hydrogens (tertiary/aromatic N) is 4. The number of rotatable bonds is 3. The molecule has 0 bridgehead atoms. The highest BCUT2D eigenvalue weighted by atomic mass is 19.1. The molecule has 1 saturated heterocycles. The minimum atomic E-state index is -0.287. The van der Waals surface area contributed by atoms with E-state index in [1.165, 1.54) is 6.33 Å². The Kier molecular flexibility index (Phi) is 4.11. The molecule has 0 N–H and O–H groups in total. The molecular formula is C13H17FN4. The van der Waals surface area contributed by atoms with Gasteiger partial charge in [-0.1, -0.05) is 12.8 Å². The molecule has 0 unspecified atom stereocenters. The molecule has 1 fully saturated rings. The molecule has 2 heterocycles. The fourth-order valence-corrected chi connectivity index (χ4v) is 2.11. The molecule has 0 aromatic carbocycles. The standard InChI is InChI=1S/C13H17FN4/c1-3-5-17-6-8-18(9-7-17)13-12(14)11(4-2)15-10-16-13/h1,10H,4-9H2,2H3. The molecule has 2 rings (SSSR count). The van der Waals surface area contributed by atoms with Gasteiger partial charge in [-0.2, -0.15) is 0 Å². The fraction of sp³-hybridized carbons (Fsp3) is 0.538. The summed E-state index contributed by atoms with van der Waals surface area (Å²) < 4.78 is 14.1. The number of hydrogen-bond acceptors (Lipinski definition) is 4. The zero-order valence-electron chi connectivity index (χ0n) is 10.6. The molecule has 1 aliphatic heterocycles. The lowest BCUT2D eigenvalue weighted by Crippen LogP contribution is -2.47. The van der Waals surface area contributed by atoms with Crippen LogP contribution in [0, 0.1) is 18.2 Å². The Morgan fingerprint density at radius 2 is 2.06 bits per heavy atom. The van der Waals surface area contributed by atoms with E-state index in [2.05, 4.69) is 20.8 Å². The highest BCUT2D eigenvalue weighted by Gasteiger charge is 2.21. The normalized spacial score (nSPS) is 16.6. The van der Waals surface area contributed by atoms with Crippen molar-refractivity contribution in [3.05, 3.63) is 17.8 Å². The Hall–Kier alpha value is -1.67.